The summed E-state index contributed by atoms with van der Waals surface area (Å²) >= 11 is 6.40. The molecule has 0 bridgehead atoms. The average Bonchev–Trinajstić information content (AvgIpc) is 3.32. The molecule has 12 heteroatoms. The zero-order valence-electron chi connectivity index (χ0n) is 24.8. The lowest BCUT2D eigenvalue weighted by Crippen LogP contribution is -2.46. The molecular weight excluding hydrogens is 573 g/mol. The van der Waals surface area contributed by atoms with Gasteiger partial charge in [0.25, 0.3) is 5.91 Å². The quantitative estimate of drug-likeness (QED) is 0.337. The number of hydrogen-bond acceptors (Lipinski definition) is 8. The molecule has 3 atom stereocenters. The molecule has 3 aromatic rings. The number of hydrogen-bond donors (Lipinski definition) is 3. The standard InChI is InChI=1S/C31H37ClFN7O3/c1-18(17-41)35-31-34-15-27(32)28(37-31)21-5-6-22-16-40(30(43)26(22)13-21)20(3)29(42)36-19(2)23-11-24(33)14-25(12-23)39-9-7-38(4)8-10-39/h5-6,11-15,18-20,41H,7-10,16-17H2,1-4H3,(H,36,42)(H,34,35,37)/t18-,19+,20+/m0/s1. The van der Waals surface area contributed by atoms with Crippen molar-refractivity contribution in [2.45, 2.75) is 45.4 Å². The molecule has 10 nitrogen and oxygen atoms in total. The van der Waals surface area contributed by atoms with E-state index in [4.69, 9.17) is 11.6 Å². The van der Waals surface area contributed by atoms with Gasteiger partial charge in [0.1, 0.15) is 11.9 Å². The Morgan fingerprint density at radius 3 is 2.58 bits per heavy atom. The maximum atomic E-state index is 14.6. The van der Waals surface area contributed by atoms with Crippen molar-refractivity contribution in [3.05, 3.63) is 70.1 Å². The first-order valence-electron chi connectivity index (χ1n) is 14.4. The number of rotatable bonds is 9. The van der Waals surface area contributed by atoms with Crippen molar-refractivity contribution in [1.29, 1.82) is 0 Å². The molecule has 1 saturated heterocycles. The van der Waals surface area contributed by atoms with Crippen molar-refractivity contribution in [2.24, 2.45) is 0 Å². The molecule has 228 valence electrons. The zero-order chi connectivity index (χ0) is 30.8. The Morgan fingerprint density at radius 2 is 1.86 bits per heavy atom. The number of likely N-dealkylation sites (N-methyl/N-ethyl adjacent to an activating group) is 1. The number of nitrogens with zero attached hydrogens (tertiary/aromatic N) is 5. The van der Waals surface area contributed by atoms with Crippen LogP contribution in [-0.2, 0) is 11.3 Å². The Morgan fingerprint density at radius 1 is 1.12 bits per heavy atom. The van der Waals surface area contributed by atoms with Crippen molar-refractivity contribution >= 4 is 35.1 Å². The highest BCUT2D eigenvalue weighted by atomic mass is 35.5. The maximum Gasteiger partial charge on any atom is 0.255 e. The van der Waals surface area contributed by atoms with Gasteiger partial charge in [-0.3, -0.25) is 9.59 Å². The molecule has 0 aliphatic carbocycles. The second-order valence-corrected chi connectivity index (χ2v) is 11.8. The van der Waals surface area contributed by atoms with Gasteiger partial charge >= 0.3 is 0 Å². The molecule has 3 N–H and O–H groups in total. The lowest BCUT2D eigenvalue weighted by Gasteiger charge is -2.34. The topological polar surface area (TPSA) is 114 Å². The summed E-state index contributed by atoms with van der Waals surface area (Å²) in [6.45, 7) is 8.91. The van der Waals surface area contributed by atoms with Gasteiger partial charge in [-0.1, -0.05) is 23.7 Å². The fourth-order valence-electron chi connectivity index (χ4n) is 5.34. The number of aromatic nitrogens is 2. The molecule has 2 aliphatic rings. The van der Waals surface area contributed by atoms with E-state index in [1.165, 1.54) is 23.2 Å². The summed E-state index contributed by atoms with van der Waals surface area (Å²) in [5, 5.41) is 15.6. The third kappa shape index (κ3) is 6.74. The summed E-state index contributed by atoms with van der Waals surface area (Å²) in [6, 6.07) is 8.83. The molecule has 1 fully saturated rings. The van der Waals surface area contributed by atoms with E-state index < -0.39 is 12.1 Å². The number of nitrogens with one attached hydrogen (secondary N) is 2. The lowest BCUT2D eigenvalue weighted by atomic mass is 10.0. The second kappa shape index (κ2) is 12.8. The van der Waals surface area contributed by atoms with Crippen LogP contribution in [0.4, 0.5) is 16.0 Å². The van der Waals surface area contributed by atoms with E-state index in [0.29, 0.717) is 33.4 Å². The molecule has 2 amide bonds. The summed E-state index contributed by atoms with van der Waals surface area (Å²) in [7, 11) is 2.07. The minimum Gasteiger partial charge on any atom is -0.394 e. The summed E-state index contributed by atoms with van der Waals surface area (Å²) in [6.07, 6.45) is 1.47. The smallest absolute Gasteiger partial charge is 0.255 e. The number of benzene rings is 2. The maximum absolute atomic E-state index is 14.6. The molecule has 43 heavy (non-hydrogen) atoms. The fraction of sp³-hybridized carbons (Fsp3) is 0.419. The van der Waals surface area contributed by atoms with E-state index in [-0.39, 0.29) is 36.8 Å². The highest BCUT2D eigenvalue weighted by molar-refractivity contribution is 6.33. The number of aliphatic hydroxyl groups is 1. The van der Waals surface area contributed by atoms with Crippen LogP contribution in [0.25, 0.3) is 11.3 Å². The molecular formula is C31H37ClFN7O3. The van der Waals surface area contributed by atoms with Gasteiger partial charge in [-0.25, -0.2) is 14.4 Å². The van der Waals surface area contributed by atoms with Crippen LogP contribution in [0.2, 0.25) is 5.02 Å². The normalized spacial score (nSPS) is 17.4. The number of fused-ring (bicyclic) bond motifs is 1. The van der Waals surface area contributed by atoms with Crippen LogP contribution in [0.3, 0.4) is 0 Å². The first-order chi connectivity index (χ1) is 20.5. The number of aliphatic hydroxyl groups excluding tert-OH is 1. The van der Waals surface area contributed by atoms with Crippen LogP contribution >= 0.6 is 11.6 Å². The monoisotopic (exact) mass is 609 g/mol. The van der Waals surface area contributed by atoms with E-state index in [1.54, 1.807) is 19.9 Å². The Kier molecular flexibility index (Phi) is 9.14. The SMILES string of the molecule is C[C@H](C(=O)N[C@H](C)c1cc(F)cc(N2CCN(C)CC2)c1)N1Cc2ccc(-c3nc(N[C@@H](C)CO)ncc3Cl)cc2C1=O. The van der Waals surface area contributed by atoms with Gasteiger partial charge in [-0.15, -0.1) is 0 Å². The number of carbonyl (C=O) groups excluding carboxylic acids is 2. The molecule has 2 aliphatic heterocycles. The molecule has 0 radical (unpaired) electrons. The van der Waals surface area contributed by atoms with Crippen LogP contribution in [0, 0.1) is 5.82 Å². The van der Waals surface area contributed by atoms with Crippen molar-refractivity contribution < 1.29 is 19.1 Å². The largest absolute Gasteiger partial charge is 0.394 e. The molecule has 0 saturated carbocycles. The summed E-state index contributed by atoms with van der Waals surface area (Å²) in [4.78, 5) is 41.4. The Labute approximate surface area is 255 Å². The lowest BCUT2D eigenvalue weighted by molar-refractivity contribution is -0.125. The van der Waals surface area contributed by atoms with Gasteiger partial charge in [0.05, 0.1) is 29.6 Å². The Hall–Kier alpha value is -3.80. The third-order valence-corrected chi connectivity index (χ3v) is 8.36. The van der Waals surface area contributed by atoms with Gasteiger partial charge < -0.3 is 30.4 Å². The number of anilines is 2. The Balaban J connectivity index is 1.28. The molecule has 2 aromatic carbocycles. The van der Waals surface area contributed by atoms with Crippen molar-refractivity contribution in [2.75, 3.05) is 50.1 Å². The van der Waals surface area contributed by atoms with Gasteiger partial charge in [0.15, 0.2) is 0 Å². The molecule has 3 heterocycles. The third-order valence-electron chi connectivity index (χ3n) is 8.09. The predicted molar refractivity (Wildman–Crippen MR) is 165 cm³/mol. The van der Waals surface area contributed by atoms with Crippen LogP contribution in [0.15, 0.2) is 42.6 Å². The van der Waals surface area contributed by atoms with Gasteiger partial charge in [-0.05, 0) is 63.2 Å². The van der Waals surface area contributed by atoms with Crippen LogP contribution < -0.4 is 15.5 Å². The summed E-state index contributed by atoms with van der Waals surface area (Å²) < 4.78 is 14.6. The minimum atomic E-state index is -0.755. The van der Waals surface area contributed by atoms with E-state index in [2.05, 4.69) is 37.4 Å². The first-order valence-corrected chi connectivity index (χ1v) is 14.8. The van der Waals surface area contributed by atoms with E-state index in [1.807, 2.05) is 25.1 Å². The van der Waals surface area contributed by atoms with Crippen LogP contribution in [0.1, 0.15) is 48.3 Å². The molecule has 1 aromatic heterocycles. The number of piperazine rings is 1. The summed E-state index contributed by atoms with van der Waals surface area (Å²) in [5.41, 5.74) is 3.81. The van der Waals surface area contributed by atoms with Crippen molar-refractivity contribution in [1.82, 2.24) is 25.1 Å². The van der Waals surface area contributed by atoms with Crippen molar-refractivity contribution in [3.8, 4) is 11.3 Å². The summed E-state index contributed by atoms with van der Waals surface area (Å²) in [5.74, 6) is -0.640. The fourth-order valence-corrected chi connectivity index (χ4v) is 5.54. The number of carbonyl (C=O) groups is 2. The minimum absolute atomic E-state index is 0.0884. The zero-order valence-corrected chi connectivity index (χ0v) is 25.5. The van der Waals surface area contributed by atoms with E-state index in [9.17, 15) is 19.1 Å². The highest BCUT2D eigenvalue weighted by Crippen LogP contribution is 2.32. The van der Waals surface area contributed by atoms with Gasteiger partial charge in [-0.2, -0.15) is 0 Å². The second-order valence-electron chi connectivity index (χ2n) is 11.4. The van der Waals surface area contributed by atoms with Crippen LogP contribution in [0.5, 0.6) is 0 Å². The molecule has 0 spiro atoms. The molecule has 0 unspecified atom stereocenters. The van der Waals surface area contributed by atoms with Crippen LogP contribution in [-0.4, -0.2) is 88.6 Å². The number of amides is 2. The number of halogens is 2. The Bertz CT molecular complexity index is 1510. The highest BCUT2D eigenvalue weighted by Gasteiger charge is 2.35. The van der Waals surface area contributed by atoms with E-state index >= 15 is 0 Å². The van der Waals surface area contributed by atoms with Gasteiger partial charge in [0.2, 0.25) is 11.9 Å². The predicted octanol–water partition coefficient (Wildman–Crippen LogP) is 3.70. The average molecular weight is 610 g/mol. The first kappa shape index (κ1) is 30.7. The van der Waals surface area contributed by atoms with Crippen molar-refractivity contribution in [3.63, 3.8) is 0 Å². The molecule has 5 rings (SSSR count). The van der Waals surface area contributed by atoms with Gasteiger partial charge in [0, 0.05) is 55.6 Å². The van der Waals surface area contributed by atoms with E-state index in [0.717, 1.165) is 37.4 Å².